The number of hydrogen-bond donors (Lipinski definition) is 1. The fourth-order valence-corrected chi connectivity index (χ4v) is 1.97. The van der Waals surface area contributed by atoms with Gasteiger partial charge in [-0.1, -0.05) is 6.92 Å². The van der Waals surface area contributed by atoms with E-state index in [4.69, 9.17) is 5.73 Å². The van der Waals surface area contributed by atoms with Crippen LogP contribution in [-0.4, -0.2) is 43.1 Å². The van der Waals surface area contributed by atoms with Crippen molar-refractivity contribution in [3.8, 4) is 0 Å². The lowest BCUT2D eigenvalue weighted by atomic mass is 10.1. The van der Waals surface area contributed by atoms with Gasteiger partial charge in [0.15, 0.2) is 0 Å². The zero-order valence-electron chi connectivity index (χ0n) is 9.25. The number of rotatable bonds is 8. The molecule has 0 saturated heterocycles. The molecular weight excluding hydrogens is 180 g/mol. The van der Waals surface area contributed by atoms with Crippen molar-refractivity contribution in [1.82, 2.24) is 4.90 Å². The van der Waals surface area contributed by atoms with Gasteiger partial charge in [0.25, 0.3) is 0 Å². The van der Waals surface area contributed by atoms with Gasteiger partial charge in [0.2, 0.25) is 0 Å². The molecule has 80 valence electrons. The van der Waals surface area contributed by atoms with E-state index >= 15 is 0 Å². The van der Waals surface area contributed by atoms with Gasteiger partial charge >= 0.3 is 0 Å². The molecule has 0 heterocycles. The minimum atomic E-state index is 0.590. The maximum absolute atomic E-state index is 5.74. The van der Waals surface area contributed by atoms with Crippen molar-refractivity contribution in [2.45, 2.75) is 32.2 Å². The summed E-state index contributed by atoms with van der Waals surface area (Å²) in [4.78, 5) is 2.39. The minimum Gasteiger partial charge on any atom is -0.329 e. The second-order valence-corrected chi connectivity index (χ2v) is 4.49. The largest absolute Gasteiger partial charge is 0.329 e. The van der Waals surface area contributed by atoms with Crippen molar-refractivity contribution in [1.29, 1.82) is 0 Å². The van der Waals surface area contributed by atoms with Gasteiger partial charge < -0.3 is 10.6 Å². The number of likely N-dealkylation sites (N-methyl/N-ethyl adjacent to an activating group) is 1. The monoisotopic (exact) mass is 204 g/mol. The molecule has 0 aromatic rings. The van der Waals surface area contributed by atoms with E-state index in [0.717, 1.165) is 6.54 Å². The molecule has 13 heavy (non-hydrogen) atoms. The van der Waals surface area contributed by atoms with Gasteiger partial charge in [-0.25, -0.2) is 0 Å². The van der Waals surface area contributed by atoms with Gasteiger partial charge in [-0.15, -0.1) is 0 Å². The Morgan fingerprint density at radius 2 is 2.15 bits per heavy atom. The lowest BCUT2D eigenvalue weighted by Crippen LogP contribution is -2.38. The summed E-state index contributed by atoms with van der Waals surface area (Å²) in [5.41, 5.74) is 5.74. The highest BCUT2D eigenvalue weighted by molar-refractivity contribution is 7.98. The standard InChI is InChI=1S/C10H24N2S/c1-4-7-12(2)10(9-11)6-5-8-13-3/h10H,4-9,11H2,1-3H3. The van der Waals surface area contributed by atoms with Crippen LogP contribution in [0.3, 0.4) is 0 Å². The first-order valence-electron chi connectivity index (χ1n) is 5.15. The molecule has 0 aromatic carbocycles. The Morgan fingerprint density at radius 1 is 1.46 bits per heavy atom. The first-order chi connectivity index (χ1) is 6.26. The Hall–Kier alpha value is 0.270. The molecule has 0 bridgehead atoms. The molecule has 1 atom stereocenters. The van der Waals surface area contributed by atoms with Crippen molar-refractivity contribution < 1.29 is 0 Å². The average Bonchev–Trinajstić information content (AvgIpc) is 2.13. The van der Waals surface area contributed by atoms with Crippen molar-refractivity contribution >= 4 is 11.8 Å². The third kappa shape index (κ3) is 6.36. The first kappa shape index (κ1) is 13.3. The highest BCUT2D eigenvalue weighted by Gasteiger charge is 2.10. The van der Waals surface area contributed by atoms with Crippen molar-refractivity contribution in [3.63, 3.8) is 0 Å². The van der Waals surface area contributed by atoms with Gasteiger partial charge in [-0.3, -0.25) is 0 Å². The number of hydrogen-bond acceptors (Lipinski definition) is 3. The molecule has 2 N–H and O–H groups in total. The summed E-state index contributed by atoms with van der Waals surface area (Å²) in [7, 11) is 2.18. The van der Waals surface area contributed by atoms with Crippen LogP contribution in [0.4, 0.5) is 0 Å². The third-order valence-electron chi connectivity index (χ3n) is 2.36. The molecule has 0 aliphatic rings. The summed E-state index contributed by atoms with van der Waals surface area (Å²) in [6.07, 6.45) is 5.91. The predicted molar refractivity (Wildman–Crippen MR) is 63.4 cm³/mol. The normalized spacial score (nSPS) is 13.6. The van der Waals surface area contributed by atoms with Gasteiger partial charge in [0.1, 0.15) is 0 Å². The molecule has 0 amide bonds. The van der Waals surface area contributed by atoms with E-state index in [0.29, 0.717) is 6.04 Å². The van der Waals surface area contributed by atoms with Gasteiger partial charge in [0, 0.05) is 12.6 Å². The molecule has 3 heteroatoms. The third-order valence-corrected chi connectivity index (χ3v) is 3.05. The second kappa shape index (κ2) is 8.85. The molecule has 0 aliphatic heterocycles. The highest BCUT2D eigenvalue weighted by atomic mass is 32.2. The molecule has 0 radical (unpaired) electrons. The van der Waals surface area contributed by atoms with Gasteiger partial charge in [-0.05, 0) is 44.9 Å². The van der Waals surface area contributed by atoms with Crippen molar-refractivity contribution in [2.24, 2.45) is 5.73 Å². The van der Waals surface area contributed by atoms with E-state index < -0.39 is 0 Å². The van der Waals surface area contributed by atoms with Gasteiger partial charge in [-0.2, -0.15) is 11.8 Å². The zero-order valence-corrected chi connectivity index (χ0v) is 10.1. The SMILES string of the molecule is CCCN(C)C(CN)CCCSC. The van der Waals surface area contributed by atoms with Crippen LogP contribution in [-0.2, 0) is 0 Å². The van der Waals surface area contributed by atoms with Crippen molar-refractivity contribution in [2.75, 3.05) is 32.1 Å². The minimum absolute atomic E-state index is 0.590. The summed E-state index contributed by atoms with van der Waals surface area (Å²) < 4.78 is 0. The Morgan fingerprint density at radius 3 is 2.62 bits per heavy atom. The molecule has 0 spiro atoms. The van der Waals surface area contributed by atoms with Crippen LogP contribution in [0.5, 0.6) is 0 Å². The second-order valence-electron chi connectivity index (χ2n) is 3.51. The fraction of sp³-hybridized carbons (Fsp3) is 1.00. The summed E-state index contributed by atoms with van der Waals surface area (Å²) in [6, 6.07) is 0.590. The van der Waals surface area contributed by atoms with E-state index in [1.165, 1.54) is 31.6 Å². The lowest BCUT2D eigenvalue weighted by molar-refractivity contribution is 0.235. The maximum Gasteiger partial charge on any atom is 0.0215 e. The van der Waals surface area contributed by atoms with E-state index in [-0.39, 0.29) is 0 Å². The molecule has 0 saturated carbocycles. The zero-order chi connectivity index (χ0) is 10.1. The fourth-order valence-electron chi connectivity index (χ4n) is 1.52. The number of nitrogens with zero attached hydrogens (tertiary/aromatic N) is 1. The molecule has 0 aliphatic carbocycles. The van der Waals surface area contributed by atoms with Crippen LogP contribution < -0.4 is 5.73 Å². The summed E-state index contributed by atoms with van der Waals surface area (Å²) in [5.74, 6) is 1.26. The molecule has 0 aromatic heterocycles. The topological polar surface area (TPSA) is 29.3 Å². The molecular formula is C10H24N2S. The van der Waals surface area contributed by atoms with Crippen LogP contribution in [0, 0.1) is 0 Å². The van der Waals surface area contributed by atoms with Crippen molar-refractivity contribution in [3.05, 3.63) is 0 Å². The lowest BCUT2D eigenvalue weighted by Gasteiger charge is -2.26. The first-order valence-corrected chi connectivity index (χ1v) is 6.54. The van der Waals surface area contributed by atoms with Crippen LogP contribution in [0.25, 0.3) is 0 Å². The average molecular weight is 204 g/mol. The van der Waals surface area contributed by atoms with E-state index in [1.54, 1.807) is 0 Å². The molecule has 0 fully saturated rings. The smallest absolute Gasteiger partial charge is 0.0215 e. The molecule has 0 rings (SSSR count). The highest BCUT2D eigenvalue weighted by Crippen LogP contribution is 2.07. The summed E-state index contributed by atoms with van der Waals surface area (Å²) in [5, 5.41) is 0. The molecule has 1 unspecified atom stereocenters. The van der Waals surface area contributed by atoms with Crippen LogP contribution in [0.15, 0.2) is 0 Å². The Balaban J connectivity index is 3.60. The summed E-state index contributed by atoms with van der Waals surface area (Å²) >= 11 is 1.92. The van der Waals surface area contributed by atoms with E-state index in [9.17, 15) is 0 Å². The Bertz CT molecular complexity index is 109. The maximum atomic E-state index is 5.74. The summed E-state index contributed by atoms with van der Waals surface area (Å²) in [6.45, 7) is 4.18. The Kier molecular flexibility index (Phi) is 9.03. The number of thioether (sulfide) groups is 1. The number of nitrogens with two attached hydrogens (primary N) is 1. The van der Waals surface area contributed by atoms with E-state index in [1.807, 2.05) is 11.8 Å². The van der Waals surface area contributed by atoms with Crippen LogP contribution in [0.2, 0.25) is 0 Å². The molecule has 2 nitrogen and oxygen atoms in total. The van der Waals surface area contributed by atoms with Gasteiger partial charge in [0.05, 0.1) is 0 Å². The Labute approximate surface area is 87.2 Å². The van der Waals surface area contributed by atoms with Crippen LogP contribution in [0.1, 0.15) is 26.2 Å². The predicted octanol–water partition coefficient (Wildman–Crippen LogP) is 1.80. The quantitative estimate of drug-likeness (QED) is 0.611. The van der Waals surface area contributed by atoms with Crippen LogP contribution >= 0.6 is 11.8 Å². The van der Waals surface area contributed by atoms with E-state index in [2.05, 4.69) is 25.1 Å².